The fourth-order valence-corrected chi connectivity index (χ4v) is 4.00. The fraction of sp³-hybridized carbons (Fsp3) is 0.417. The van der Waals surface area contributed by atoms with E-state index < -0.39 is 33.0 Å². The molecule has 1 saturated heterocycles. The maximum absolute atomic E-state index is 13.2. The second kappa shape index (κ2) is 5.01. The van der Waals surface area contributed by atoms with Gasteiger partial charge in [0.1, 0.15) is 0 Å². The summed E-state index contributed by atoms with van der Waals surface area (Å²) < 4.78 is 45.5. The lowest BCUT2D eigenvalue weighted by Crippen LogP contribution is -2.37. The van der Waals surface area contributed by atoms with Crippen molar-refractivity contribution in [3.8, 4) is 5.75 Å². The third-order valence-electron chi connectivity index (χ3n) is 3.37. The number of benzene rings is 1. The van der Waals surface area contributed by atoms with Gasteiger partial charge in [-0.2, -0.15) is 0 Å². The second-order valence-corrected chi connectivity index (χ2v) is 7.19. The minimum atomic E-state index is -2.66. The summed E-state index contributed by atoms with van der Waals surface area (Å²) in [7, 11) is -1.22. The van der Waals surface area contributed by atoms with Crippen molar-refractivity contribution in [2.24, 2.45) is 0 Å². The van der Waals surface area contributed by atoms with Crippen LogP contribution in [0.2, 0.25) is 0 Å². The molecule has 8 heteroatoms. The van der Waals surface area contributed by atoms with E-state index in [1.807, 2.05) is 0 Å². The van der Waals surface area contributed by atoms with Crippen LogP contribution >= 0.6 is 0 Å². The number of rotatable bonds is 2. The van der Waals surface area contributed by atoms with Crippen LogP contribution in [0.3, 0.4) is 0 Å². The van der Waals surface area contributed by atoms with Gasteiger partial charge in [-0.05, 0) is 18.6 Å². The molecule has 1 aliphatic rings. The number of nitrogens with zero attached hydrogens (tertiary/aromatic N) is 1. The molecule has 1 heterocycles. The summed E-state index contributed by atoms with van der Waals surface area (Å²) in [6, 6.07) is 1.13. The van der Waals surface area contributed by atoms with Crippen LogP contribution < -0.4 is 0 Å². The Kier molecular flexibility index (Phi) is 3.68. The maximum Gasteiger partial charge on any atom is 0.254 e. The number of halogens is 2. The first-order chi connectivity index (χ1) is 9.21. The van der Waals surface area contributed by atoms with Gasteiger partial charge < -0.3 is 10.0 Å². The number of carbonyl (C=O) groups is 1. The Morgan fingerprint density at radius 3 is 2.45 bits per heavy atom. The van der Waals surface area contributed by atoms with Crippen LogP contribution in [0.25, 0.3) is 0 Å². The van der Waals surface area contributed by atoms with Crippen molar-refractivity contribution >= 4 is 15.6 Å². The number of carbonyl (C=O) groups excluding carboxylic acids is 1. The minimum absolute atomic E-state index is 0.0677. The summed E-state index contributed by atoms with van der Waals surface area (Å²) >= 11 is 0. The number of phenolic OH excluding ortho intramolecular Hbond substituents is 1. The van der Waals surface area contributed by atoms with Crippen LogP contribution in [0, 0.1) is 16.4 Å². The average molecular weight is 304 g/mol. The van der Waals surface area contributed by atoms with Crippen LogP contribution in [0.15, 0.2) is 12.1 Å². The largest absolute Gasteiger partial charge is 0.503 e. The Bertz CT molecular complexity index is 638. The SMILES string of the molecule is CN(C(=O)c1cc(F)c(O)c(F)c1)C1CCS(=N)(=O)C1. The molecule has 2 unspecified atom stereocenters. The van der Waals surface area contributed by atoms with Gasteiger partial charge in [-0.3, -0.25) is 9.57 Å². The number of amides is 1. The van der Waals surface area contributed by atoms with E-state index in [9.17, 15) is 17.8 Å². The summed E-state index contributed by atoms with van der Waals surface area (Å²) in [6.45, 7) is 0. The van der Waals surface area contributed by atoms with Crippen molar-refractivity contribution in [3.05, 3.63) is 29.3 Å². The molecule has 1 fully saturated rings. The maximum atomic E-state index is 13.2. The van der Waals surface area contributed by atoms with E-state index >= 15 is 0 Å². The van der Waals surface area contributed by atoms with Gasteiger partial charge in [-0.15, -0.1) is 0 Å². The van der Waals surface area contributed by atoms with E-state index in [0.717, 1.165) is 12.1 Å². The summed E-state index contributed by atoms with van der Waals surface area (Å²) in [6.07, 6.45) is 0.424. The molecule has 110 valence electrons. The minimum Gasteiger partial charge on any atom is -0.503 e. The highest BCUT2D eigenvalue weighted by atomic mass is 32.2. The molecular formula is C12H14F2N2O3S. The fourth-order valence-electron chi connectivity index (χ4n) is 2.17. The van der Waals surface area contributed by atoms with E-state index in [1.165, 1.54) is 11.9 Å². The lowest BCUT2D eigenvalue weighted by atomic mass is 10.1. The molecule has 2 atom stereocenters. The van der Waals surface area contributed by atoms with Crippen LogP contribution in [0.1, 0.15) is 16.8 Å². The number of hydrogen-bond acceptors (Lipinski definition) is 4. The summed E-state index contributed by atoms with van der Waals surface area (Å²) in [5.41, 5.74) is -0.233. The number of nitrogens with one attached hydrogen (secondary N) is 1. The molecule has 1 amide bonds. The van der Waals surface area contributed by atoms with E-state index in [2.05, 4.69) is 0 Å². The molecule has 1 aromatic carbocycles. The molecule has 0 spiro atoms. The van der Waals surface area contributed by atoms with Gasteiger partial charge in [0.25, 0.3) is 5.91 Å². The van der Waals surface area contributed by atoms with Crippen molar-refractivity contribution in [2.75, 3.05) is 18.6 Å². The van der Waals surface area contributed by atoms with Crippen molar-refractivity contribution in [3.63, 3.8) is 0 Å². The molecule has 1 aromatic rings. The predicted molar refractivity (Wildman–Crippen MR) is 69.1 cm³/mol. The van der Waals surface area contributed by atoms with E-state index in [0.29, 0.717) is 6.42 Å². The molecule has 1 aliphatic heterocycles. The zero-order valence-corrected chi connectivity index (χ0v) is 11.5. The predicted octanol–water partition coefficient (Wildman–Crippen LogP) is 1.56. The molecular weight excluding hydrogens is 290 g/mol. The van der Waals surface area contributed by atoms with Crippen molar-refractivity contribution in [2.45, 2.75) is 12.5 Å². The molecule has 0 radical (unpaired) electrons. The molecule has 0 bridgehead atoms. The highest BCUT2D eigenvalue weighted by Gasteiger charge is 2.31. The zero-order chi connectivity index (χ0) is 15.1. The van der Waals surface area contributed by atoms with Crippen molar-refractivity contribution < 1.29 is 22.9 Å². The van der Waals surface area contributed by atoms with Crippen LogP contribution in [-0.4, -0.2) is 44.7 Å². The second-order valence-electron chi connectivity index (χ2n) is 4.83. The van der Waals surface area contributed by atoms with Crippen LogP contribution in [0.5, 0.6) is 5.75 Å². The molecule has 0 saturated carbocycles. The summed E-state index contributed by atoms with van der Waals surface area (Å²) in [5, 5.41) is 8.99. The van der Waals surface area contributed by atoms with Gasteiger partial charge in [0.15, 0.2) is 17.4 Å². The molecule has 20 heavy (non-hydrogen) atoms. The standard InChI is InChI=1S/C12H14F2N2O3S/c1-16(8-2-3-20(15,19)6-8)12(18)7-4-9(13)11(17)10(14)5-7/h4-5,8,15,17H,2-3,6H2,1H3. The van der Waals surface area contributed by atoms with Gasteiger partial charge in [-0.1, -0.05) is 0 Å². The van der Waals surface area contributed by atoms with Crippen LogP contribution in [-0.2, 0) is 9.73 Å². The van der Waals surface area contributed by atoms with Gasteiger partial charge in [0.05, 0.1) is 5.75 Å². The Balaban J connectivity index is 2.24. The Labute approximate surface area is 115 Å². The lowest BCUT2D eigenvalue weighted by Gasteiger charge is -2.23. The first-order valence-electron chi connectivity index (χ1n) is 5.90. The molecule has 0 aromatic heterocycles. The van der Waals surface area contributed by atoms with Gasteiger partial charge in [0.2, 0.25) is 0 Å². The number of aromatic hydroxyl groups is 1. The Morgan fingerprint density at radius 2 is 2.00 bits per heavy atom. The highest BCUT2D eigenvalue weighted by molar-refractivity contribution is 7.92. The third kappa shape index (κ3) is 2.74. The summed E-state index contributed by atoms with van der Waals surface area (Å²) in [4.78, 5) is 13.4. The normalized spacial score (nSPS) is 25.6. The van der Waals surface area contributed by atoms with Gasteiger partial charge in [0, 0.05) is 34.1 Å². The smallest absolute Gasteiger partial charge is 0.254 e. The number of phenols is 1. The lowest BCUT2D eigenvalue weighted by molar-refractivity contribution is 0.0746. The first-order valence-corrected chi connectivity index (χ1v) is 7.80. The molecule has 2 N–H and O–H groups in total. The highest BCUT2D eigenvalue weighted by Crippen LogP contribution is 2.24. The third-order valence-corrected chi connectivity index (χ3v) is 5.19. The van der Waals surface area contributed by atoms with E-state index in [4.69, 9.17) is 9.89 Å². The average Bonchev–Trinajstić information content (AvgIpc) is 2.74. The molecule has 2 rings (SSSR count). The molecule has 0 aliphatic carbocycles. The van der Waals surface area contributed by atoms with E-state index in [-0.39, 0.29) is 23.1 Å². The van der Waals surface area contributed by atoms with Crippen molar-refractivity contribution in [1.82, 2.24) is 4.90 Å². The van der Waals surface area contributed by atoms with Crippen molar-refractivity contribution in [1.29, 1.82) is 4.78 Å². The van der Waals surface area contributed by atoms with E-state index in [1.54, 1.807) is 0 Å². The quantitative estimate of drug-likeness (QED) is 0.870. The first kappa shape index (κ1) is 14.7. The topological polar surface area (TPSA) is 81.5 Å². The van der Waals surface area contributed by atoms with Gasteiger partial charge >= 0.3 is 0 Å². The number of hydrogen-bond donors (Lipinski definition) is 2. The Hall–Kier alpha value is -1.70. The molecule has 5 nitrogen and oxygen atoms in total. The monoisotopic (exact) mass is 304 g/mol. The van der Waals surface area contributed by atoms with Crippen LogP contribution in [0.4, 0.5) is 8.78 Å². The van der Waals surface area contributed by atoms with Gasteiger partial charge in [-0.25, -0.2) is 13.0 Å². The zero-order valence-electron chi connectivity index (χ0n) is 10.7. The summed E-state index contributed by atoms with van der Waals surface area (Å²) in [5.74, 6) is -3.90. The Morgan fingerprint density at radius 1 is 1.45 bits per heavy atom.